The Morgan fingerprint density at radius 2 is 1.79 bits per heavy atom. The predicted octanol–water partition coefficient (Wildman–Crippen LogP) is 4.99. The van der Waals surface area contributed by atoms with E-state index in [9.17, 15) is 8.42 Å². The maximum atomic E-state index is 11.6. The van der Waals surface area contributed by atoms with Crippen LogP contribution in [-0.4, -0.2) is 45.3 Å². The van der Waals surface area contributed by atoms with Crippen LogP contribution in [0.1, 0.15) is 29.4 Å². The molecule has 2 N–H and O–H groups in total. The summed E-state index contributed by atoms with van der Waals surface area (Å²) in [7, 11) is -2.07. The summed E-state index contributed by atoms with van der Waals surface area (Å²) in [6.45, 7) is 2.05. The van der Waals surface area contributed by atoms with Crippen LogP contribution in [0.2, 0.25) is 0 Å². The number of rotatable bonds is 10. The molecule has 1 aliphatic rings. The lowest BCUT2D eigenvalue weighted by Gasteiger charge is -2.33. The Kier molecular flexibility index (Phi) is 8.36. The fourth-order valence-electron chi connectivity index (χ4n) is 4.36. The lowest BCUT2D eigenvalue weighted by atomic mass is 9.95. The van der Waals surface area contributed by atoms with Gasteiger partial charge in [-0.05, 0) is 30.3 Å². The van der Waals surface area contributed by atoms with Gasteiger partial charge >= 0.3 is 0 Å². The minimum Gasteiger partial charge on any atom is -0.436 e. The molecule has 0 atom stereocenters. The molecular formula is C28H29N3O6S2. The second kappa shape index (κ2) is 11.9. The number of ether oxygens (including phenoxy) is 3. The molecule has 39 heavy (non-hydrogen) atoms. The van der Waals surface area contributed by atoms with Crippen LogP contribution in [0.5, 0.6) is 0 Å². The third-order valence-electron chi connectivity index (χ3n) is 6.49. The van der Waals surface area contributed by atoms with Gasteiger partial charge in [0.15, 0.2) is 5.76 Å². The zero-order valence-corrected chi connectivity index (χ0v) is 23.0. The maximum absolute atomic E-state index is 11.6. The molecule has 0 spiro atoms. The number of thiazole rings is 1. The first-order valence-corrected chi connectivity index (χ1v) is 14.8. The van der Waals surface area contributed by atoms with Gasteiger partial charge in [0.1, 0.15) is 16.3 Å². The Balaban J connectivity index is 1.27. The summed E-state index contributed by atoms with van der Waals surface area (Å²) in [6.07, 6.45) is 5.17. The number of sulfonamides is 1. The molecule has 204 valence electrons. The van der Waals surface area contributed by atoms with Crippen molar-refractivity contribution in [1.82, 2.24) is 9.97 Å². The molecule has 0 bridgehead atoms. The molecule has 1 saturated heterocycles. The standard InChI is InChI=1S/C28H29N3O6S2/c1-34-28(13-16-35-17-14-28)27-30-22(19-38-27)18-36-15-5-8-24-31-25(20-6-3-2-4-7-20)26(37-24)21-9-11-23(12-10-21)39(29,32)33/h2-12,19H,13-18H2,1H3,(H2,29,32,33)/b8-5-. The molecule has 4 aromatic rings. The molecule has 2 aromatic carbocycles. The van der Waals surface area contributed by atoms with Gasteiger partial charge < -0.3 is 18.6 Å². The zero-order chi connectivity index (χ0) is 27.3. The molecule has 11 heteroatoms. The number of hydrogen-bond donors (Lipinski definition) is 1. The van der Waals surface area contributed by atoms with Gasteiger partial charge in [-0.1, -0.05) is 36.4 Å². The van der Waals surface area contributed by atoms with Crippen molar-refractivity contribution in [3.05, 3.63) is 82.6 Å². The monoisotopic (exact) mass is 567 g/mol. The molecule has 3 heterocycles. The fourth-order valence-corrected chi connectivity index (χ4v) is 5.92. The van der Waals surface area contributed by atoms with Crippen molar-refractivity contribution in [3.8, 4) is 22.6 Å². The molecule has 0 amide bonds. The SMILES string of the molecule is COC1(c2nc(COC/C=C\c3nc(-c4ccccc4)c(-c4ccc(S(N)(=O)=O)cc4)o3)cs2)CCOCC1. The van der Waals surface area contributed by atoms with Crippen LogP contribution in [0.3, 0.4) is 0 Å². The van der Waals surface area contributed by atoms with Crippen molar-refractivity contribution in [2.45, 2.75) is 29.9 Å². The number of aromatic nitrogens is 2. The molecule has 1 fully saturated rings. The Bertz CT molecular complexity index is 1520. The largest absolute Gasteiger partial charge is 0.436 e. The summed E-state index contributed by atoms with van der Waals surface area (Å²) in [5.74, 6) is 0.929. The average Bonchev–Trinajstić information content (AvgIpc) is 3.61. The van der Waals surface area contributed by atoms with Gasteiger partial charge in [-0.3, -0.25) is 0 Å². The van der Waals surface area contributed by atoms with Crippen LogP contribution in [0.25, 0.3) is 28.7 Å². The van der Waals surface area contributed by atoms with E-state index in [-0.39, 0.29) is 10.5 Å². The van der Waals surface area contributed by atoms with Gasteiger partial charge in [-0.25, -0.2) is 23.5 Å². The topological polar surface area (TPSA) is 127 Å². The molecule has 5 rings (SSSR count). The van der Waals surface area contributed by atoms with Crippen LogP contribution in [-0.2, 0) is 36.4 Å². The number of benzene rings is 2. The van der Waals surface area contributed by atoms with Gasteiger partial charge in [0.2, 0.25) is 15.9 Å². The van der Waals surface area contributed by atoms with E-state index >= 15 is 0 Å². The second-order valence-electron chi connectivity index (χ2n) is 9.04. The van der Waals surface area contributed by atoms with E-state index in [0.717, 1.165) is 29.1 Å². The van der Waals surface area contributed by atoms with E-state index in [2.05, 4.69) is 4.98 Å². The van der Waals surface area contributed by atoms with E-state index in [1.54, 1.807) is 36.7 Å². The Morgan fingerprint density at radius 1 is 1.05 bits per heavy atom. The van der Waals surface area contributed by atoms with Gasteiger partial charge in [-0.2, -0.15) is 0 Å². The number of primary sulfonamides is 1. The van der Waals surface area contributed by atoms with Crippen molar-refractivity contribution < 1.29 is 27.0 Å². The zero-order valence-electron chi connectivity index (χ0n) is 21.4. The second-order valence-corrected chi connectivity index (χ2v) is 11.5. The maximum Gasteiger partial charge on any atom is 0.238 e. The van der Waals surface area contributed by atoms with Crippen molar-refractivity contribution in [2.75, 3.05) is 26.9 Å². The Labute approximate surface area is 231 Å². The number of hydrogen-bond acceptors (Lipinski definition) is 9. The van der Waals surface area contributed by atoms with Crippen molar-refractivity contribution in [2.24, 2.45) is 5.14 Å². The minimum atomic E-state index is -3.79. The van der Waals surface area contributed by atoms with Crippen LogP contribution >= 0.6 is 11.3 Å². The number of nitrogens with zero attached hydrogens (tertiary/aromatic N) is 2. The van der Waals surface area contributed by atoms with E-state index in [1.165, 1.54) is 12.1 Å². The molecule has 1 aliphatic heterocycles. The van der Waals surface area contributed by atoms with E-state index in [4.69, 9.17) is 28.8 Å². The molecule has 9 nitrogen and oxygen atoms in total. The molecule has 0 unspecified atom stereocenters. The van der Waals surface area contributed by atoms with Gasteiger partial charge in [-0.15, -0.1) is 11.3 Å². The van der Waals surface area contributed by atoms with Crippen LogP contribution < -0.4 is 5.14 Å². The average molecular weight is 568 g/mol. The summed E-state index contributed by atoms with van der Waals surface area (Å²) >= 11 is 1.59. The van der Waals surface area contributed by atoms with E-state index < -0.39 is 10.0 Å². The summed E-state index contributed by atoms with van der Waals surface area (Å²) in [4.78, 5) is 9.45. The van der Waals surface area contributed by atoms with Gasteiger partial charge in [0.25, 0.3) is 0 Å². The summed E-state index contributed by atoms with van der Waals surface area (Å²) < 4.78 is 46.5. The highest BCUT2D eigenvalue weighted by Crippen LogP contribution is 2.37. The first-order valence-electron chi connectivity index (χ1n) is 12.4. The van der Waals surface area contributed by atoms with E-state index in [1.807, 2.05) is 41.8 Å². The van der Waals surface area contributed by atoms with Crippen molar-refractivity contribution >= 4 is 27.4 Å². The molecular weight excluding hydrogens is 538 g/mol. The van der Waals surface area contributed by atoms with Crippen LogP contribution in [0.15, 0.2) is 75.4 Å². The highest BCUT2D eigenvalue weighted by molar-refractivity contribution is 7.89. The number of nitrogens with two attached hydrogens (primary N) is 1. The lowest BCUT2D eigenvalue weighted by Crippen LogP contribution is -2.35. The van der Waals surface area contributed by atoms with Crippen molar-refractivity contribution in [3.63, 3.8) is 0 Å². The van der Waals surface area contributed by atoms with Crippen LogP contribution in [0.4, 0.5) is 0 Å². The molecule has 0 saturated carbocycles. The van der Waals surface area contributed by atoms with Gasteiger partial charge in [0, 0.05) is 49.7 Å². The quantitative estimate of drug-likeness (QED) is 0.266. The van der Waals surface area contributed by atoms with E-state index in [0.29, 0.717) is 49.3 Å². The highest BCUT2D eigenvalue weighted by atomic mass is 32.2. The smallest absolute Gasteiger partial charge is 0.238 e. The Hall–Kier alpha value is -3.19. The third kappa shape index (κ3) is 6.35. The summed E-state index contributed by atoms with van der Waals surface area (Å²) in [6, 6.07) is 15.8. The highest BCUT2D eigenvalue weighted by Gasteiger charge is 2.37. The predicted molar refractivity (Wildman–Crippen MR) is 148 cm³/mol. The Morgan fingerprint density at radius 3 is 2.49 bits per heavy atom. The fraction of sp³-hybridized carbons (Fsp3) is 0.286. The number of oxazole rings is 1. The first kappa shape index (κ1) is 27.4. The minimum absolute atomic E-state index is 0.0293. The van der Waals surface area contributed by atoms with Crippen molar-refractivity contribution in [1.29, 1.82) is 0 Å². The van der Waals surface area contributed by atoms with Gasteiger partial charge in [0.05, 0.1) is 23.8 Å². The summed E-state index contributed by atoms with van der Waals surface area (Å²) in [5.41, 5.74) is 2.69. The number of methoxy groups -OCH3 is 1. The third-order valence-corrected chi connectivity index (χ3v) is 8.50. The normalized spacial score (nSPS) is 15.6. The molecule has 0 radical (unpaired) electrons. The molecule has 0 aliphatic carbocycles. The molecule has 2 aromatic heterocycles. The lowest BCUT2D eigenvalue weighted by molar-refractivity contribution is -0.0949. The first-order chi connectivity index (χ1) is 18.9. The summed E-state index contributed by atoms with van der Waals surface area (Å²) in [5, 5.41) is 8.20. The van der Waals surface area contributed by atoms with Crippen LogP contribution in [0, 0.1) is 0 Å².